The average Bonchev–Trinajstić information content (AvgIpc) is 3.10. The van der Waals surface area contributed by atoms with E-state index in [1.807, 2.05) is 6.92 Å². The Labute approximate surface area is 163 Å². The third kappa shape index (κ3) is 6.07. The van der Waals surface area contributed by atoms with Crippen molar-refractivity contribution < 1.29 is 22.7 Å². The summed E-state index contributed by atoms with van der Waals surface area (Å²) in [6.07, 6.45) is 4.92. The minimum Gasteiger partial charge on any atom is -0.452 e. The maximum atomic E-state index is 11.8. The Hall–Kier alpha value is -1.87. The zero-order chi connectivity index (χ0) is 20.0. The number of halogens is 1. The lowest BCUT2D eigenvalue weighted by Gasteiger charge is -2.09. The van der Waals surface area contributed by atoms with E-state index < -0.39 is 15.8 Å². The van der Waals surface area contributed by atoms with Crippen molar-refractivity contribution >= 4 is 39.4 Å². The van der Waals surface area contributed by atoms with E-state index in [0.717, 1.165) is 12.8 Å². The second-order valence-electron chi connectivity index (χ2n) is 6.44. The SMILES string of the molecule is CCCCNC(=O)COC(=O)/C=C/c1c(C)nn([C@H]2CCS(=O)(=O)C2)c1Cl. The van der Waals surface area contributed by atoms with Crippen LogP contribution in [0.15, 0.2) is 6.08 Å². The van der Waals surface area contributed by atoms with Crippen LogP contribution in [0.25, 0.3) is 6.08 Å². The highest BCUT2D eigenvalue weighted by Gasteiger charge is 2.31. The minimum atomic E-state index is -3.06. The molecule has 2 rings (SSSR count). The summed E-state index contributed by atoms with van der Waals surface area (Å²) in [7, 11) is -3.06. The van der Waals surface area contributed by atoms with Gasteiger partial charge in [0.15, 0.2) is 16.4 Å². The van der Waals surface area contributed by atoms with Gasteiger partial charge in [-0.2, -0.15) is 5.10 Å². The lowest BCUT2D eigenvalue weighted by molar-refractivity contribution is -0.143. The van der Waals surface area contributed by atoms with Gasteiger partial charge in [0.05, 0.1) is 23.2 Å². The van der Waals surface area contributed by atoms with Gasteiger partial charge in [0.2, 0.25) is 0 Å². The molecule has 10 heteroatoms. The number of ether oxygens (including phenoxy) is 1. The first-order chi connectivity index (χ1) is 12.7. The minimum absolute atomic E-state index is 0.00613. The Morgan fingerprint density at radius 1 is 1.44 bits per heavy atom. The summed E-state index contributed by atoms with van der Waals surface area (Å²) in [5.41, 5.74) is 1.09. The molecule has 0 saturated carbocycles. The normalized spacial score (nSPS) is 18.7. The van der Waals surface area contributed by atoms with E-state index >= 15 is 0 Å². The number of rotatable bonds is 8. The number of nitrogens with zero attached hydrogens (tertiary/aromatic N) is 2. The molecule has 8 nitrogen and oxygen atoms in total. The molecule has 1 atom stereocenters. The highest BCUT2D eigenvalue weighted by atomic mass is 35.5. The molecular weight excluding hydrogens is 394 g/mol. The summed E-state index contributed by atoms with van der Waals surface area (Å²) >= 11 is 6.32. The summed E-state index contributed by atoms with van der Waals surface area (Å²) in [6.45, 7) is 3.93. The van der Waals surface area contributed by atoms with E-state index in [1.165, 1.54) is 16.8 Å². The number of carbonyl (C=O) groups excluding carboxylic acids is 2. The van der Waals surface area contributed by atoms with Crippen molar-refractivity contribution in [3.63, 3.8) is 0 Å². The Bertz CT molecular complexity index is 832. The van der Waals surface area contributed by atoms with Gasteiger partial charge >= 0.3 is 5.97 Å². The topological polar surface area (TPSA) is 107 Å². The molecule has 1 aliphatic rings. The van der Waals surface area contributed by atoms with Gasteiger partial charge in [0, 0.05) is 18.2 Å². The van der Waals surface area contributed by atoms with Crippen LogP contribution in [0.4, 0.5) is 0 Å². The standard InChI is InChI=1S/C17H24ClN3O5S/c1-3-4-8-19-15(22)10-26-16(23)6-5-14-12(2)20-21(17(14)18)13-7-9-27(24,25)11-13/h5-6,13H,3-4,7-11H2,1-2H3,(H,19,22)/b6-5+/t13-/m0/s1. The van der Waals surface area contributed by atoms with Crippen molar-refractivity contribution in [2.24, 2.45) is 0 Å². The van der Waals surface area contributed by atoms with Gasteiger partial charge in [0.25, 0.3) is 5.91 Å². The third-order valence-electron chi connectivity index (χ3n) is 4.21. The van der Waals surface area contributed by atoms with Gasteiger partial charge in [0.1, 0.15) is 5.15 Å². The van der Waals surface area contributed by atoms with Gasteiger partial charge in [-0.05, 0) is 25.8 Å². The zero-order valence-electron chi connectivity index (χ0n) is 15.4. The van der Waals surface area contributed by atoms with Crippen molar-refractivity contribution in [3.8, 4) is 0 Å². The number of hydrogen-bond donors (Lipinski definition) is 1. The molecule has 150 valence electrons. The van der Waals surface area contributed by atoms with Crippen LogP contribution in [0.3, 0.4) is 0 Å². The molecule has 0 aliphatic carbocycles. The van der Waals surface area contributed by atoms with Crippen LogP contribution in [0.1, 0.15) is 43.5 Å². The number of aromatic nitrogens is 2. The number of aryl methyl sites for hydroxylation is 1. The first-order valence-corrected chi connectivity index (χ1v) is 11.0. The Morgan fingerprint density at radius 2 is 2.19 bits per heavy atom. The Kier molecular flexibility index (Phi) is 7.43. The van der Waals surface area contributed by atoms with E-state index in [1.54, 1.807) is 6.92 Å². The van der Waals surface area contributed by atoms with E-state index in [9.17, 15) is 18.0 Å². The predicted octanol–water partition coefficient (Wildman–Crippen LogP) is 1.68. The zero-order valence-corrected chi connectivity index (χ0v) is 17.0. The largest absolute Gasteiger partial charge is 0.452 e. The van der Waals surface area contributed by atoms with Crippen molar-refractivity contribution in [2.75, 3.05) is 24.7 Å². The van der Waals surface area contributed by atoms with E-state index in [4.69, 9.17) is 16.3 Å². The molecule has 1 saturated heterocycles. The molecule has 1 aromatic rings. The second-order valence-corrected chi connectivity index (χ2v) is 9.02. The Balaban J connectivity index is 1.95. The van der Waals surface area contributed by atoms with Crippen LogP contribution in [0.5, 0.6) is 0 Å². The van der Waals surface area contributed by atoms with Gasteiger partial charge < -0.3 is 10.1 Å². The van der Waals surface area contributed by atoms with Gasteiger partial charge in [-0.1, -0.05) is 24.9 Å². The second kappa shape index (κ2) is 9.36. The summed E-state index contributed by atoms with van der Waals surface area (Å²) in [5, 5.41) is 7.23. The molecule has 0 aromatic carbocycles. The number of amides is 1. The van der Waals surface area contributed by atoms with Crippen LogP contribution >= 0.6 is 11.6 Å². The number of nitrogens with one attached hydrogen (secondary N) is 1. The van der Waals surface area contributed by atoms with E-state index in [-0.39, 0.29) is 35.2 Å². The van der Waals surface area contributed by atoms with Crippen molar-refractivity contribution in [1.82, 2.24) is 15.1 Å². The lowest BCUT2D eigenvalue weighted by atomic mass is 10.2. The van der Waals surface area contributed by atoms with Gasteiger partial charge in [-0.3, -0.25) is 4.79 Å². The smallest absolute Gasteiger partial charge is 0.331 e. The number of carbonyl (C=O) groups is 2. The number of esters is 1. The molecule has 1 aromatic heterocycles. The predicted molar refractivity (Wildman–Crippen MR) is 102 cm³/mol. The summed E-state index contributed by atoms with van der Waals surface area (Å²) < 4.78 is 29.7. The highest BCUT2D eigenvalue weighted by Crippen LogP contribution is 2.30. The molecular formula is C17H24ClN3O5S. The van der Waals surface area contributed by atoms with E-state index in [2.05, 4.69) is 10.4 Å². The van der Waals surface area contributed by atoms with Crippen LogP contribution in [-0.2, 0) is 24.2 Å². The fraction of sp³-hybridized carbons (Fsp3) is 0.588. The molecule has 0 unspecified atom stereocenters. The fourth-order valence-corrected chi connectivity index (χ4v) is 4.79. The van der Waals surface area contributed by atoms with Gasteiger partial charge in [-0.25, -0.2) is 17.9 Å². The first-order valence-electron chi connectivity index (χ1n) is 8.80. The quantitative estimate of drug-likeness (QED) is 0.391. The van der Waals surface area contributed by atoms with Crippen LogP contribution in [0, 0.1) is 6.92 Å². The maximum absolute atomic E-state index is 11.8. The fourth-order valence-electron chi connectivity index (χ4n) is 2.72. The summed E-state index contributed by atoms with van der Waals surface area (Å²) in [5.74, 6) is -0.904. The molecule has 0 radical (unpaired) electrons. The van der Waals surface area contributed by atoms with Crippen molar-refractivity contribution in [3.05, 3.63) is 22.5 Å². The number of hydrogen-bond acceptors (Lipinski definition) is 6. The van der Waals surface area contributed by atoms with Crippen LogP contribution < -0.4 is 5.32 Å². The first kappa shape index (κ1) is 21.4. The summed E-state index contributed by atoms with van der Waals surface area (Å²) in [6, 6.07) is -0.304. The third-order valence-corrected chi connectivity index (χ3v) is 6.34. The van der Waals surface area contributed by atoms with Crippen LogP contribution in [-0.4, -0.2) is 54.7 Å². The van der Waals surface area contributed by atoms with Crippen molar-refractivity contribution in [2.45, 2.75) is 39.2 Å². The monoisotopic (exact) mass is 417 g/mol. The molecule has 27 heavy (non-hydrogen) atoms. The molecule has 2 heterocycles. The molecule has 1 N–H and O–H groups in total. The number of sulfone groups is 1. The highest BCUT2D eigenvalue weighted by molar-refractivity contribution is 7.91. The molecule has 1 aliphatic heterocycles. The Morgan fingerprint density at radius 3 is 2.81 bits per heavy atom. The van der Waals surface area contributed by atoms with Crippen molar-refractivity contribution in [1.29, 1.82) is 0 Å². The summed E-state index contributed by atoms with van der Waals surface area (Å²) in [4.78, 5) is 23.3. The maximum Gasteiger partial charge on any atom is 0.331 e. The molecule has 1 fully saturated rings. The van der Waals surface area contributed by atoms with Gasteiger partial charge in [-0.15, -0.1) is 0 Å². The van der Waals surface area contributed by atoms with E-state index in [0.29, 0.717) is 24.2 Å². The molecule has 0 bridgehead atoms. The average molecular weight is 418 g/mol. The molecule has 0 spiro atoms. The number of unbranched alkanes of at least 4 members (excludes halogenated alkanes) is 1. The van der Waals surface area contributed by atoms with Crippen LogP contribution in [0.2, 0.25) is 5.15 Å². The molecule has 1 amide bonds. The lowest BCUT2D eigenvalue weighted by Crippen LogP contribution is -2.29.